The number of nitrogens with zero attached hydrogens (tertiary/aromatic N) is 3. The van der Waals surface area contributed by atoms with Crippen molar-refractivity contribution in [3.8, 4) is 0 Å². The van der Waals surface area contributed by atoms with Gasteiger partial charge in [0.15, 0.2) is 0 Å². The number of aryl methyl sites for hydroxylation is 1. The van der Waals surface area contributed by atoms with Crippen molar-refractivity contribution in [1.29, 1.82) is 0 Å². The van der Waals surface area contributed by atoms with E-state index >= 15 is 0 Å². The number of imidazole rings is 1. The standard InChI is InChI=1S/C17H24N4/c1-13-2-3-16-19-10-15(21(16)11-13)12-20-6-4-17(5-7-20)8-14(18)9-17/h2-3,10-11,14H,4-9,12,18H2,1H3. The van der Waals surface area contributed by atoms with E-state index in [4.69, 9.17) is 5.73 Å². The maximum Gasteiger partial charge on any atom is 0.136 e. The summed E-state index contributed by atoms with van der Waals surface area (Å²) >= 11 is 0. The molecule has 4 nitrogen and oxygen atoms in total. The summed E-state index contributed by atoms with van der Waals surface area (Å²) in [5.41, 5.74) is 10.2. The zero-order chi connectivity index (χ0) is 14.4. The van der Waals surface area contributed by atoms with E-state index in [-0.39, 0.29) is 0 Å². The van der Waals surface area contributed by atoms with Crippen LogP contribution < -0.4 is 5.73 Å². The SMILES string of the molecule is Cc1ccc2ncc(CN3CCC4(CC3)CC(N)C4)n2c1. The Bertz CT molecular complexity index is 644. The molecule has 3 heterocycles. The van der Waals surface area contributed by atoms with Gasteiger partial charge in [0.25, 0.3) is 0 Å². The Hall–Kier alpha value is -1.39. The second kappa shape index (κ2) is 4.82. The van der Waals surface area contributed by atoms with Gasteiger partial charge < -0.3 is 10.1 Å². The van der Waals surface area contributed by atoms with Gasteiger partial charge in [-0.2, -0.15) is 0 Å². The highest BCUT2D eigenvalue weighted by molar-refractivity contribution is 5.41. The Labute approximate surface area is 126 Å². The maximum absolute atomic E-state index is 5.98. The summed E-state index contributed by atoms with van der Waals surface area (Å²) in [6, 6.07) is 4.69. The van der Waals surface area contributed by atoms with Crippen LogP contribution in [0.15, 0.2) is 24.5 Å². The van der Waals surface area contributed by atoms with Gasteiger partial charge >= 0.3 is 0 Å². The summed E-state index contributed by atoms with van der Waals surface area (Å²) in [6.07, 6.45) is 9.34. The average molecular weight is 284 g/mol. The highest BCUT2D eigenvalue weighted by Crippen LogP contribution is 2.48. The third kappa shape index (κ3) is 2.36. The molecule has 1 aliphatic heterocycles. The average Bonchev–Trinajstić information content (AvgIpc) is 2.82. The lowest BCUT2D eigenvalue weighted by Crippen LogP contribution is -2.51. The van der Waals surface area contributed by atoms with Crippen molar-refractivity contribution in [3.05, 3.63) is 35.8 Å². The molecule has 2 aliphatic rings. The third-order valence-electron chi connectivity index (χ3n) is 5.42. The number of hydrogen-bond donors (Lipinski definition) is 1. The number of hydrogen-bond acceptors (Lipinski definition) is 3. The molecule has 1 saturated carbocycles. The molecule has 0 atom stereocenters. The van der Waals surface area contributed by atoms with Crippen molar-refractivity contribution >= 4 is 5.65 Å². The van der Waals surface area contributed by atoms with Gasteiger partial charge in [-0.15, -0.1) is 0 Å². The summed E-state index contributed by atoms with van der Waals surface area (Å²) in [5, 5.41) is 0. The molecule has 1 saturated heterocycles. The molecular formula is C17H24N4. The van der Waals surface area contributed by atoms with Crippen LogP contribution in [-0.4, -0.2) is 33.4 Å². The van der Waals surface area contributed by atoms with Crippen molar-refractivity contribution in [2.24, 2.45) is 11.1 Å². The van der Waals surface area contributed by atoms with Gasteiger partial charge in [-0.05, 0) is 62.7 Å². The van der Waals surface area contributed by atoms with Crippen LogP contribution in [0.5, 0.6) is 0 Å². The van der Waals surface area contributed by atoms with Gasteiger partial charge in [0.1, 0.15) is 5.65 Å². The lowest BCUT2D eigenvalue weighted by atomic mass is 9.61. The van der Waals surface area contributed by atoms with Gasteiger partial charge in [0.05, 0.1) is 11.9 Å². The minimum atomic E-state index is 0.471. The van der Waals surface area contributed by atoms with Crippen LogP contribution in [0.25, 0.3) is 5.65 Å². The first-order valence-electron chi connectivity index (χ1n) is 8.04. The summed E-state index contributed by atoms with van der Waals surface area (Å²) < 4.78 is 2.24. The van der Waals surface area contributed by atoms with E-state index in [1.54, 1.807) is 0 Å². The number of nitrogens with two attached hydrogens (primary N) is 1. The Kier molecular flexibility index (Phi) is 3.05. The van der Waals surface area contributed by atoms with E-state index in [2.05, 4.69) is 39.5 Å². The predicted octanol–water partition coefficient (Wildman–Crippen LogP) is 2.35. The van der Waals surface area contributed by atoms with Crippen molar-refractivity contribution in [1.82, 2.24) is 14.3 Å². The van der Waals surface area contributed by atoms with Crippen LogP contribution in [-0.2, 0) is 6.54 Å². The molecule has 2 fully saturated rings. The highest BCUT2D eigenvalue weighted by atomic mass is 15.2. The zero-order valence-corrected chi connectivity index (χ0v) is 12.8. The quantitative estimate of drug-likeness (QED) is 0.921. The number of piperidine rings is 1. The second-order valence-electron chi connectivity index (χ2n) is 7.13. The smallest absolute Gasteiger partial charge is 0.136 e. The molecule has 0 bridgehead atoms. The first-order valence-corrected chi connectivity index (χ1v) is 8.04. The lowest BCUT2D eigenvalue weighted by molar-refractivity contribution is 0.0150. The van der Waals surface area contributed by atoms with Gasteiger partial charge in [-0.3, -0.25) is 4.90 Å². The summed E-state index contributed by atoms with van der Waals surface area (Å²) in [7, 11) is 0. The van der Waals surface area contributed by atoms with Crippen LogP contribution in [0.4, 0.5) is 0 Å². The molecule has 2 aromatic rings. The molecule has 4 heteroatoms. The topological polar surface area (TPSA) is 46.6 Å². The van der Waals surface area contributed by atoms with E-state index < -0.39 is 0 Å². The third-order valence-corrected chi connectivity index (χ3v) is 5.42. The largest absolute Gasteiger partial charge is 0.328 e. The summed E-state index contributed by atoms with van der Waals surface area (Å²) in [6.45, 7) is 5.54. The van der Waals surface area contributed by atoms with Gasteiger partial charge in [0, 0.05) is 18.8 Å². The Morgan fingerprint density at radius 2 is 2.05 bits per heavy atom. The first kappa shape index (κ1) is 13.3. The number of rotatable bonds is 2. The normalized spacial score (nSPS) is 22.8. The highest BCUT2D eigenvalue weighted by Gasteiger charge is 2.44. The molecule has 0 radical (unpaired) electrons. The number of pyridine rings is 1. The number of aromatic nitrogens is 2. The van der Waals surface area contributed by atoms with Crippen LogP contribution in [0.2, 0.25) is 0 Å². The summed E-state index contributed by atoms with van der Waals surface area (Å²) in [4.78, 5) is 7.08. The van der Waals surface area contributed by atoms with Crippen LogP contribution >= 0.6 is 0 Å². The van der Waals surface area contributed by atoms with Gasteiger partial charge in [-0.25, -0.2) is 4.98 Å². The number of fused-ring (bicyclic) bond motifs is 1. The van der Waals surface area contributed by atoms with E-state index in [0.717, 1.165) is 12.2 Å². The van der Waals surface area contributed by atoms with Crippen molar-refractivity contribution in [2.75, 3.05) is 13.1 Å². The number of likely N-dealkylation sites (tertiary alicyclic amines) is 1. The van der Waals surface area contributed by atoms with Crippen molar-refractivity contribution in [3.63, 3.8) is 0 Å². The molecule has 0 amide bonds. The van der Waals surface area contributed by atoms with Crippen LogP contribution in [0.3, 0.4) is 0 Å². The molecule has 0 aromatic carbocycles. The fraction of sp³-hybridized carbons (Fsp3) is 0.588. The van der Waals surface area contributed by atoms with E-state index in [9.17, 15) is 0 Å². The molecule has 112 valence electrons. The molecular weight excluding hydrogens is 260 g/mol. The maximum atomic E-state index is 5.98. The van der Waals surface area contributed by atoms with E-state index in [0.29, 0.717) is 11.5 Å². The first-order chi connectivity index (χ1) is 10.1. The molecule has 21 heavy (non-hydrogen) atoms. The monoisotopic (exact) mass is 284 g/mol. The van der Waals surface area contributed by atoms with E-state index in [1.165, 1.54) is 50.0 Å². The lowest BCUT2D eigenvalue weighted by Gasteiger charge is -2.51. The van der Waals surface area contributed by atoms with Crippen molar-refractivity contribution in [2.45, 2.75) is 45.2 Å². The molecule has 1 spiro atoms. The van der Waals surface area contributed by atoms with E-state index in [1.807, 2.05) is 6.20 Å². The zero-order valence-electron chi connectivity index (χ0n) is 12.8. The van der Waals surface area contributed by atoms with Crippen LogP contribution in [0.1, 0.15) is 36.9 Å². The fourth-order valence-corrected chi connectivity index (χ4v) is 4.13. The summed E-state index contributed by atoms with van der Waals surface area (Å²) in [5.74, 6) is 0. The predicted molar refractivity (Wildman–Crippen MR) is 84.1 cm³/mol. The molecule has 1 aliphatic carbocycles. The van der Waals surface area contributed by atoms with Gasteiger partial charge in [0.2, 0.25) is 0 Å². The van der Waals surface area contributed by atoms with Crippen LogP contribution in [0, 0.1) is 12.3 Å². The van der Waals surface area contributed by atoms with Gasteiger partial charge in [-0.1, -0.05) is 6.07 Å². The Balaban J connectivity index is 1.45. The molecule has 4 rings (SSSR count). The Morgan fingerprint density at radius 3 is 2.76 bits per heavy atom. The molecule has 2 N–H and O–H groups in total. The second-order valence-corrected chi connectivity index (χ2v) is 7.13. The molecule has 0 unspecified atom stereocenters. The Morgan fingerprint density at radius 1 is 1.29 bits per heavy atom. The minimum Gasteiger partial charge on any atom is -0.328 e. The molecule has 2 aromatic heterocycles. The minimum absolute atomic E-state index is 0.471. The fourth-order valence-electron chi connectivity index (χ4n) is 4.13. The van der Waals surface area contributed by atoms with Crippen molar-refractivity contribution < 1.29 is 0 Å².